The molecule has 0 amide bonds. The second-order valence-electron chi connectivity index (χ2n) is 5.93. The van der Waals surface area contributed by atoms with E-state index in [2.05, 4.69) is 4.98 Å². The number of nitrogens with zero attached hydrogens (tertiary/aromatic N) is 1. The molecule has 4 nitrogen and oxygen atoms in total. The van der Waals surface area contributed by atoms with E-state index in [0.29, 0.717) is 16.5 Å². The normalized spacial score (nSPS) is 26.7. The zero-order chi connectivity index (χ0) is 14.0. The summed E-state index contributed by atoms with van der Waals surface area (Å²) in [7, 11) is -1.17. The van der Waals surface area contributed by atoms with E-state index >= 15 is 0 Å². The van der Waals surface area contributed by atoms with Gasteiger partial charge in [0.2, 0.25) is 0 Å². The van der Waals surface area contributed by atoms with Gasteiger partial charge in [0.1, 0.15) is 5.03 Å². The molecule has 2 unspecified atom stereocenters. The Hall–Kier alpha value is -0.940. The van der Waals surface area contributed by atoms with Crippen LogP contribution in [0.5, 0.6) is 0 Å². The average molecular weight is 294 g/mol. The molecule has 5 heteroatoms. The number of nitrogens with two attached hydrogens (primary N) is 1. The first-order valence-electron chi connectivity index (χ1n) is 7.45. The molecule has 2 N–H and O–H groups in total. The lowest BCUT2D eigenvalue weighted by atomic mass is 9.83. The van der Waals surface area contributed by atoms with Gasteiger partial charge < -0.3 is 10.5 Å². The van der Waals surface area contributed by atoms with Crippen molar-refractivity contribution < 1.29 is 8.95 Å². The molecule has 0 aromatic carbocycles. The van der Waals surface area contributed by atoms with Gasteiger partial charge in [-0.05, 0) is 37.8 Å². The van der Waals surface area contributed by atoms with E-state index < -0.39 is 10.8 Å². The molecular weight excluding hydrogens is 272 g/mol. The molecule has 2 atom stereocenters. The molecule has 20 heavy (non-hydrogen) atoms. The highest BCUT2D eigenvalue weighted by Gasteiger charge is 2.41. The minimum atomic E-state index is -1.17. The van der Waals surface area contributed by atoms with Crippen LogP contribution in [-0.4, -0.2) is 26.7 Å². The lowest BCUT2D eigenvalue weighted by Crippen LogP contribution is -2.32. The Labute approximate surface area is 122 Å². The predicted molar refractivity (Wildman–Crippen MR) is 79.8 cm³/mol. The molecule has 1 aromatic heterocycles. The van der Waals surface area contributed by atoms with Gasteiger partial charge in [0.15, 0.2) is 0 Å². The van der Waals surface area contributed by atoms with Crippen molar-refractivity contribution in [1.29, 1.82) is 0 Å². The van der Waals surface area contributed by atoms with Crippen molar-refractivity contribution in [3.05, 3.63) is 18.3 Å². The SMILES string of the molecule is Nc1cccnc1S(=O)CC1CCC2(CCCCC2)O1. The molecule has 0 radical (unpaired) electrons. The fourth-order valence-electron chi connectivity index (χ4n) is 3.42. The summed E-state index contributed by atoms with van der Waals surface area (Å²) in [4.78, 5) is 4.14. The van der Waals surface area contributed by atoms with Crippen molar-refractivity contribution in [1.82, 2.24) is 4.98 Å². The molecule has 1 spiro atoms. The first-order valence-corrected chi connectivity index (χ1v) is 8.77. The van der Waals surface area contributed by atoms with Crippen LogP contribution < -0.4 is 5.73 Å². The number of pyridine rings is 1. The Morgan fingerprint density at radius 1 is 1.35 bits per heavy atom. The lowest BCUT2D eigenvalue weighted by Gasteiger charge is -2.33. The van der Waals surface area contributed by atoms with E-state index in [0.717, 1.165) is 12.8 Å². The summed E-state index contributed by atoms with van der Waals surface area (Å²) in [5, 5.41) is 0.501. The molecule has 2 aliphatic rings. The van der Waals surface area contributed by atoms with Crippen molar-refractivity contribution in [3.63, 3.8) is 0 Å². The summed E-state index contributed by atoms with van der Waals surface area (Å²) < 4.78 is 18.6. The maximum atomic E-state index is 12.4. The van der Waals surface area contributed by atoms with E-state index in [1.165, 1.54) is 32.1 Å². The van der Waals surface area contributed by atoms with Gasteiger partial charge in [0.05, 0.1) is 33.9 Å². The summed E-state index contributed by atoms with van der Waals surface area (Å²) in [6, 6.07) is 3.51. The Morgan fingerprint density at radius 3 is 2.90 bits per heavy atom. The van der Waals surface area contributed by atoms with Crippen molar-refractivity contribution in [3.8, 4) is 0 Å². The Kier molecular flexibility index (Phi) is 4.08. The van der Waals surface area contributed by atoms with Crippen molar-refractivity contribution in [2.24, 2.45) is 0 Å². The van der Waals surface area contributed by atoms with E-state index in [1.54, 1.807) is 18.3 Å². The third kappa shape index (κ3) is 2.88. The third-order valence-electron chi connectivity index (χ3n) is 4.46. The molecule has 3 rings (SSSR count). The smallest absolute Gasteiger partial charge is 0.150 e. The summed E-state index contributed by atoms with van der Waals surface area (Å²) in [5.74, 6) is 0.517. The Morgan fingerprint density at radius 2 is 2.15 bits per heavy atom. The van der Waals surface area contributed by atoms with Crippen LogP contribution >= 0.6 is 0 Å². The maximum absolute atomic E-state index is 12.4. The molecular formula is C15H22N2O2S. The molecule has 0 bridgehead atoms. The van der Waals surface area contributed by atoms with Crippen molar-refractivity contribution in [2.45, 2.75) is 61.7 Å². The second-order valence-corrected chi connectivity index (χ2v) is 7.34. The van der Waals surface area contributed by atoms with Crippen LogP contribution in [0.3, 0.4) is 0 Å². The van der Waals surface area contributed by atoms with E-state index in [1.807, 2.05) is 0 Å². The van der Waals surface area contributed by atoms with Crippen LogP contribution in [0, 0.1) is 0 Å². The first kappa shape index (κ1) is 14.0. The Balaban J connectivity index is 1.62. The minimum absolute atomic E-state index is 0.0861. The van der Waals surface area contributed by atoms with Gasteiger partial charge in [-0.3, -0.25) is 4.21 Å². The largest absolute Gasteiger partial charge is 0.396 e. The molecule has 1 aliphatic heterocycles. The lowest BCUT2D eigenvalue weighted by molar-refractivity contribution is -0.0557. The van der Waals surface area contributed by atoms with Crippen molar-refractivity contribution in [2.75, 3.05) is 11.5 Å². The zero-order valence-corrected chi connectivity index (χ0v) is 12.5. The molecule has 110 valence electrons. The number of ether oxygens (including phenoxy) is 1. The van der Waals surface area contributed by atoms with E-state index in [4.69, 9.17) is 10.5 Å². The van der Waals surface area contributed by atoms with E-state index in [-0.39, 0.29) is 11.7 Å². The number of aromatic nitrogens is 1. The van der Waals surface area contributed by atoms with Crippen LogP contribution in [-0.2, 0) is 15.5 Å². The van der Waals surface area contributed by atoms with Gasteiger partial charge in [-0.2, -0.15) is 0 Å². The van der Waals surface area contributed by atoms with Gasteiger partial charge in [0.25, 0.3) is 0 Å². The molecule has 1 aromatic rings. The van der Waals surface area contributed by atoms with Crippen LogP contribution in [0.15, 0.2) is 23.4 Å². The number of nitrogen functional groups attached to an aromatic ring is 1. The minimum Gasteiger partial charge on any atom is -0.396 e. The topological polar surface area (TPSA) is 65.2 Å². The predicted octanol–water partition coefficient (Wildman–Crippen LogP) is 2.65. The molecule has 1 aliphatic carbocycles. The summed E-state index contributed by atoms with van der Waals surface area (Å²) >= 11 is 0. The number of anilines is 1. The molecule has 1 saturated heterocycles. The molecule has 2 fully saturated rings. The summed E-state index contributed by atoms with van der Waals surface area (Å²) in [6.45, 7) is 0. The molecule has 1 saturated carbocycles. The Bertz CT molecular complexity index is 500. The first-order chi connectivity index (χ1) is 9.69. The highest BCUT2D eigenvalue weighted by molar-refractivity contribution is 7.85. The summed E-state index contributed by atoms with van der Waals surface area (Å²) in [5.41, 5.74) is 6.43. The highest BCUT2D eigenvalue weighted by atomic mass is 32.2. The number of rotatable bonds is 3. The number of hydrogen-bond donors (Lipinski definition) is 1. The van der Waals surface area contributed by atoms with Gasteiger partial charge in [-0.25, -0.2) is 4.98 Å². The standard InChI is InChI=1S/C15H22N2O2S/c16-13-5-4-10-17-14(13)20(18)11-12-6-9-15(19-12)7-2-1-3-8-15/h4-5,10,12H,1-3,6-9,11,16H2. The van der Waals surface area contributed by atoms with Gasteiger partial charge in [-0.15, -0.1) is 0 Å². The number of hydrogen-bond acceptors (Lipinski definition) is 4. The third-order valence-corrected chi connectivity index (χ3v) is 5.90. The van der Waals surface area contributed by atoms with Crippen LogP contribution in [0.4, 0.5) is 5.69 Å². The quantitative estimate of drug-likeness (QED) is 0.930. The van der Waals surface area contributed by atoms with Gasteiger partial charge in [-0.1, -0.05) is 19.3 Å². The van der Waals surface area contributed by atoms with Crippen LogP contribution in [0.1, 0.15) is 44.9 Å². The van der Waals surface area contributed by atoms with Gasteiger partial charge in [0, 0.05) is 6.20 Å². The second kappa shape index (κ2) is 5.82. The fourth-order valence-corrected chi connectivity index (χ4v) is 4.66. The zero-order valence-electron chi connectivity index (χ0n) is 11.7. The maximum Gasteiger partial charge on any atom is 0.150 e. The van der Waals surface area contributed by atoms with E-state index in [9.17, 15) is 4.21 Å². The van der Waals surface area contributed by atoms with Crippen LogP contribution in [0.2, 0.25) is 0 Å². The summed E-state index contributed by atoms with van der Waals surface area (Å²) in [6.07, 6.45) is 10.1. The van der Waals surface area contributed by atoms with Gasteiger partial charge >= 0.3 is 0 Å². The molecule has 2 heterocycles. The van der Waals surface area contributed by atoms with Crippen LogP contribution in [0.25, 0.3) is 0 Å². The monoisotopic (exact) mass is 294 g/mol. The fraction of sp³-hybridized carbons (Fsp3) is 0.667. The van der Waals surface area contributed by atoms with Crippen molar-refractivity contribution >= 4 is 16.5 Å². The average Bonchev–Trinajstić information content (AvgIpc) is 2.82. The highest BCUT2D eigenvalue weighted by Crippen LogP contribution is 2.42.